The lowest BCUT2D eigenvalue weighted by Crippen LogP contribution is -2.45. The van der Waals surface area contributed by atoms with E-state index in [9.17, 15) is 13.2 Å². The highest BCUT2D eigenvalue weighted by Gasteiger charge is 2.29. The summed E-state index contributed by atoms with van der Waals surface area (Å²) in [6, 6.07) is 0.193. The number of amides is 1. The van der Waals surface area contributed by atoms with E-state index in [-0.39, 0.29) is 17.7 Å². The van der Waals surface area contributed by atoms with Crippen LogP contribution in [0.5, 0.6) is 0 Å². The minimum Gasteiger partial charge on any atom is -0.339 e. The van der Waals surface area contributed by atoms with Crippen LogP contribution in [0.1, 0.15) is 63.6 Å². The predicted octanol–water partition coefficient (Wildman–Crippen LogP) is 3.44. The van der Waals surface area contributed by atoms with Gasteiger partial charge in [0.25, 0.3) is 0 Å². The number of aryl methyl sites for hydroxylation is 1. The molecular weight excluding hydrogens is 356 g/mol. The number of hydrogen-bond acceptors (Lipinski definition) is 5. The van der Waals surface area contributed by atoms with Crippen LogP contribution < -0.4 is 0 Å². The zero-order chi connectivity index (χ0) is 18.4. The lowest BCUT2D eigenvalue weighted by Gasteiger charge is -2.35. The summed E-state index contributed by atoms with van der Waals surface area (Å²) < 4.78 is 24.9. The monoisotopic (exact) mass is 386 g/mol. The summed E-state index contributed by atoms with van der Waals surface area (Å²) in [6.45, 7) is 7.06. The number of piperidine rings is 1. The van der Waals surface area contributed by atoms with Crippen molar-refractivity contribution in [3.63, 3.8) is 0 Å². The fraction of sp³-hybridized carbons (Fsp3) is 0.778. The molecule has 1 aromatic heterocycles. The standard InChI is InChI=1S/C18H30N2O3S2/c1-4-16-7-5-6-10-20(16)18(21)13-25(22,23)12-15-11-24-17(19-15)9-8-14(2)3/h11,14,16H,4-10,12-13H2,1-3H3. The van der Waals surface area contributed by atoms with Gasteiger partial charge in [0.2, 0.25) is 5.91 Å². The SMILES string of the molecule is CCC1CCCCN1C(=O)CS(=O)(=O)Cc1csc(CCC(C)C)n1. The number of carbonyl (C=O) groups excluding carboxylic acids is 1. The molecule has 1 saturated heterocycles. The molecule has 0 N–H and O–H groups in total. The molecule has 1 amide bonds. The van der Waals surface area contributed by atoms with Crippen molar-refractivity contribution in [2.24, 2.45) is 5.92 Å². The molecule has 0 radical (unpaired) electrons. The van der Waals surface area contributed by atoms with Crippen LogP contribution in [-0.4, -0.2) is 42.5 Å². The summed E-state index contributed by atoms with van der Waals surface area (Å²) in [5.74, 6) is -0.184. The van der Waals surface area contributed by atoms with Crippen LogP contribution in [-0.2, 0) is 26.8 Å². The molecule has 25 heavy (non-hydrogen) atoms. The van der Waals surface area contributed by atoms with E-state index in [2.05, 4.69) is 25.8 Å². The Hall–Kier alpha value is -0.950. The molecule has 1 atom stereocenters. The minimum absolute atomic E-state index is 0.137. The third-order valence-corrected chi connectivity index (χ3v) is 7.04. The van der Waals surface area contributed by atoms with E-state index in [0.717, 1.165) is 43.5 Å². The first kappa shape index (κ1) is 20.4. The minimum atomic E-state index is -3.48. The van der Waals surface area contributed by atoms with Gasteiger partial charge < -0.3 is 4.90 Å². The number of sulfone groups is 1. The van der Waals surface area contributed by atoms with Crippen molar-refractivity contribution in [3.8, 4) is 0 Å². The molecule has 5 nitrogen and oxygen atoms in total. The Balaban J connectivity index is 1.93. The number of likely N-dealkylation sites (tertiary alicyclic amines) is 1. The van der Waals surface area contributed by atoms with E-state index in [4.69, 9.17) is 0 Å². The van der Waals surface area contributed by atoms with E-state index in [1.165, 1.54) is 11.3 Å². The summed E-state index contributed by atoms with van der Waals surface area (Å²) in [4.78, 5) is 18.7. The molecule has 0 aromatic carbocycles. The van der Waals surface area contributed by atoms with E-state index >= 15 is 0 Å². The number of hydrogen-bond donors (Lipinski definition) is 0. The molecule has 1 aliphatic rings. The summed E-state index contributed by atoms with van der Waals surface area (Å²) in [7, 11) is -3.48. The summed E-state index contributed by atoms with van der Waals surface area (Å²) in [5.41, 5.74) is 0.572. The van der Waals surface area contributed by atoms with Gasteiger partial charge in [0, 0.05) is 18.0 Å². The average molecular weight is 387 g/mol. The van der Waals surface area contributed by atoms with Gasteiger partial charge in [-0.05, 0) is 44.4 Å². The molecule has 0 spiro atoms. The van der Waals surface area contributed by atoms with Gasteiger partial charge in [-0.2, -0.15) is 0 Å². The van der Waals surface area contributed by atoms with Crippen LogP contribution in [0, 0.1) is 5.92 Å². The first-order chi connectivity index (χ1) is 11.8. The highest BCUT2D eigenvalue weighted by molar-refractivity contribution is 7.91. The molecule has 0 bridgehead atoms. The second-order valence-electron chi connectivity index (χ2n) is 7.34. The Kier molecular flexibility index (Phi) is 7.43. The molecule has 2 rings (SSSR count). The van der Waals surface area contributed by atoms with E-state index in [1.54, 1.807) is 4.90 Å². The van der Waals surface area contributed by atoms with Gasteiger partial charge in [-0.15, -0.1) is 11.3 Å². The number of carbonyl (C=O) groups is 1. The fourth-order valence-corrected chi connectivity index (χ4v) is 5.40. The van der Waals surface area contributed by atoms with Crippen molar-refractivity contribution in [2.75, 3.05) is 12.3 Å². The number of nitrogens with zero attached hydrogens (tertiary/aromatic N) is 2. The topological polar surface area (TPSA) is 67.3 Å². The van der Waals surface area contributed by atoms with Crippen molar-refractivity contribution in [2.45, 2.75) is 71.1 Å². The maximum Gasteiger partial charge on any atom is 0.238 e. The predicted molar refractivity (Wildman–Crippen MR) is 102 cm³/mol. The van der Waals surface area contributed by atoms with Gasteiger partial charge in [0.05, 0.1) is 16.5 Å². The molecule has 1 fully saturated rings. The number of aromatic nitrogens is 1. The van der Waals surface area contributed by atoms with E-state index < -0.39 is 15.6 Å². The second kappa shape index (κ2) is 9.12. The van der Waals surface area contributed by atoms with E-state index in [0.29, 0.717) is 18.2 Å². The average Bonchev–Trinajstić information content (AvgIpc) is 2.99. The largest absolute Gasteiger partial charge is 0.339 e. The molecule has 2 heterocycles. The number of rotatable bonds is 8. The van der Waals surface area contributed by atoms with Crippen LogP contribution in [0.2, 0.25) is 0 Å². The smallest absolute Gasteiger partial charge is 0.238 e. The molecule has 1 aliphatic heterocycles. The fourth-order valence-electron chi connectivity index (χ4n) is 3.24. The van der Waals surface area contributed by atoms with Crippen LogP contribution in [0.3, 0.4) is 0 Å². The summed E-state index contributed by atoms with van der Waals surface area (Å²) >= 11 is 1.51. The van der Waals surface area contributed by atoms with Crippen molar-refractivity contribution in [1.29, 1.82) is 0 Å². The number of thiazole rings is 1. The normalized spacial score (nSPS) is 18.7. The van der Waals surface area contributed by atoms with Gasteiger partial charge in [-0.1, -0.05) is 20.8 Å². The van der Waals surface area contributed by atoms with Crippen LogP contribution >= 0.6 is 11.3 Å². The van der Waals surface area contributed by atoms with Crippen molar-refractivity contribution >= 4 is 27.1 Å². The van der Waals surface area contributed by atoms with Crippen molar-refractivity contribution in [1.82, 2.24) is 9.88 Å². The Morgan fingerprint density at radius 1 is 1.40 bits per heavy atom. The Morgan fingerprint density at radius 2 is 2.16 bits per heavy atom. The first-order valence-corrected chi connectivity index (χ1v) is 11.9. The quantitative estimate of drug-likeness (QED) is 0.686. The zero-order valence-electron chi connectivity index (χ0n) is 15.5. The van der Waals surface area contributed by atoms with Crippen LogP contribution in [0.25, 0.3) is 0 Å². The summed E-state index contributed by atoms with van der Waals surface area (Å²) in [6.07, 6.45) is 5.88. The van der Waals surface area contributed by atoms with Gasteiger partial charge >= 0.3 is 0 Å². The van der Waals surface area contributed by atoms with Gasteiger partial charge in [-0.3, -0.25) is 4.79 Å². The molecule has 1 unspecified atom stereocenters. The van der Waals surface area contributed by atoms with Gasteiger partial charge in [0.1, 0.15) is 5.75 Å². The Labute approximate surface area is 155 Å². The Morgan fingerprint density at radius 3 is 2.84 bits per heavy atom. The van der Waals surface area contributed by atoms with Gasteiger partial charge in [-0.25, -0.2) is 13.4 Å². The van der Waals surface area contributed by atoms with Crippen molar-refractivity contribution < 1.29 is 13.2 Å². The maximum atomic E-state index is 12.5. The zero-order valence-corrected chi connectivity index (χ0v) is 17.2. The Bertz CT molecular complexity index is 668. The first-order valence-electron chi connectivity index (χ1n) is 9.24. The van der Waals surface area contributed by atoms with Gasteiger partial charge in [0.15, 0.2) is 9.84 Å². The third kappa shape index (κ3) is 6.37. The highest BCUT2D eigenvalue weighted by atomic mass is 32.2. The molecular formula is C18H30N2O3S2. The lowest BCUT2D eigenvalue weighted by atomic mass is 10.0. The lowest BCUT2D eigenvalue weighted by molar-refractivity contribution is -0.132. The summed E-state index contributed by atoms with van der Waals surface area (Å²) in [5, 5.41) is 2.79. The van der Waals surface area contributed by atoms with Crippen LogP contribution in [0.4, 0.5) is 0 Å². The molecule has 7 heteroatoms. The third-order valence-electron chi connectivity index (χ3n) is 4.66. The highest BCUT2D eigenvalue weighted by Crippen LogP contribution is 2.21. The van der Waals surface area contributed by atoms with Crippen molar-refractivity contribution in [3.05, 3.63) is 16.1 Å². The molecule has 0 aliphatic carbocycles. The van der Waals surface area contributed by atoms with E-state index in [1.807, 2.05) is 5.38 Å². The van der Waals surface area contributed by atoms with Crippen LogP contribution in [0.15, 0.2) is 5.38 Å². The molecule has 1 aromatic rings. The molecule has 0 saturated carbocycles. The molecule has 142 valence electrons. The maximum absolute atomic E-state index is 12.5. The second-order valence-corrected chi connectivity index (χ2v) is 10.3.